The molecule has 2 saturated heterocycles. The monoisotopic (exact) mass is 535 g/mol. The van der Waals surface area contributed by atoms with Crippen molar-refractivity contribution < 1.29 is 4.79 Å². The molecule has 9 heteroatoms. The van der Waals surface area contributed by atoms with Crippen LogP contribution in [0.25, 0.3) is 6.08 Å². The highest BCUT2D eigenvalue weighted by atomic mass is 32.2. The number of thiocarbonyl (C=S) groups is 1. The molecule has 2 aromatic rings. The second kappa shape index (κ2) is 11.6. The van der Waals surface area contributed by atoms with Crippen LogP contribution in [0.3, 0.4) is 0 Å². The molecule has 1 aromatic carbocycles. The molecule has 0 atom stereocenters. The molecule has 37 heavy (non-hydrogen) atoms. The first-order chi connectivity index (χ1) is 17.7. The van der Waals surface area contributed by atoms with Crippen molar-refractivity contribution >= 4 is 46.1 Å². The van der Waals surface area contributed by atoms with Gasteiger partial charge >= 0.3 is 0 Å². The summed E-state index contributed by atoms with van der Waals surface area (Å²) >= 11 is 6.80. The third-order valence-corrected chi connectivity index (χ3v) is 8.16. The second-order valence-electron chi connectivity index (χ2n) is 9.83. The first-order valence-electron chi connectivity index (χ1n) is 12.7. The van der Waals surface area contributed by atoms with E-state index in [0.29, 0.717) is 33.8 Å². The average Bonchev–Trinajstić information content (AvgIpc) is 3.14. The van der Waals surface area contributed by atoms with Gasteiger partial charge in [-0.05, 0) is 37.0 Å². The molecule has 0 N–H and O–H groups in total. The van der Waals surface area contributed by atoms with Gasteiger partial charge in [0.05, 0.1) is 4.91 Å². The number of piperazine rings is 1. The number of pyridine rings is 1. The largest absolute Gasteiger partial charge is 0.355 e. The lowest BCUT2D eigenvalue weighted by Gasteiger charge is -2.38. The van der Waals surface area contributed by atoms with Crippen molar-refractivity contribution in [2.24, 2.45) is 5.92 Å². The van der Waals surface area contributed by atoms with Crippen molar-refractivity contribution in [3.63, 3.8) is 0 Å². The third kappa shape index (κ3) is 5.66. The van der Waals surface area contributed by atoms with Gasteiger partial charge in [-0.3, -0.25) is 24.0 Å². The number of amides is 1. The summed E-state index contributed by atoms with van der Waals surface area (Å²) in [6.07, 6.45) is 1.84. The maximum absolute atomic E-state index is 13.3. The van der Waals surface area contributed by atoms with Crippen molar-refractivity contribution in [3.05, 3.63) is 67.8 Å². The van der Waals surface area contributed by atoms with Crippen LogP contribution in [-0.2, 0) is 17.9 Å². The molecular formula is C28H33N5O2S2. The van der Waals surface area contributed by atoms with E-state index >= 15 is 0 Å². The van der Waals surface area contributed by atoms with E-state index in [4.69, 9.17) is 12.2 Å². The molecule has 1 amide bonds. The Kier molecular flexibility index (Phi) is 8.53. The predicted molar refractivity (Wildman–Crippen MR) is 154 cm³/mol. The summed E-state index contributed by atoms with van der Waals surface area (Å²) in [6, 6.07) is 12.5. The van der Waals surface area contributed by atoms with Gasteiger partial charge in [0.25, 0.3) is 11.5 Å². The summed E-state index contributed by atoms with van der Waals surface area (Å²) in [5.41, 5.74) is 2.47. The van der Waals surface area contributed by atoms with E-state index in [1.54, 1.807) is 16.4 Å². The number of benzene rings is 1. The molecular weight excluding hydrogens is 502 g/mol. The number of aromatic nitrogens is 1. The number of hydrogen-bond acceptors (Lipinski definition) is 7. The summed E-state index contributed by atoms with van der Waals surface area (Å²) in [5, 5.41) is 9.81. The molecule has 2 fully saturated rings. The van der Waals surface area contributed by atoms with Gasteiger partial charge in [0.1, 0.15) is 21.8 Å². The normalized spacial score (nSPS) is 17.8. The first kappa shape index (κ1) is 27.1. The Morgan fingerprint density at radius 2 is 1.81 bits per heavy atom. The number of thioether (sulfide) groups is 1. The summed E-state index contributed by atoms with van der Waals surface area (Å²) in [6.45, 7) is 12.9. The Hall–Kier alpha value is -2.93. The number of nitriles is 1. The summed E-state index contributed by atoms with van der Waals surface area (Å²) in [4.78, 5) is 33.3. The standard InChI is InChI=1S/C28H33N5O2S2/c1-5-32-25(31-13-11-30(12-14-31)18-21-9-7-6-8-10-21)22(20(4)23(16-29)26(32)34)15-24-27(35)33(17-19(2)3)28(36)37-24/h6-10,15,19H,5,11-14,17-18H2,1-4H3/b24-15-. The number of carbonyl (C=O) groups excluding carboxylic acids is 1. The van der Waals surface area contributed by atoms with Gasteiger partial charge in [0.15, 0.2) is 0 Å². The zero-order valence-electron chi connectivity index (χ0n) is 21.9. The van der Waals surface area contributed by atoms with Crippen molar-refractivity contribution in [2.45, 2.75) is 40.8 Å². The topological polar surface area (TPSA) is 72.6 Å². The van der Waals surface area contributed by atoms with Gasteiger partial charge in [-0.15, -0.1) is 0 Å². The molecule has 0 bridgehead atoms. The molecule has 3 heterocycles. The Morgan fingerprint density at radius 3 is 2.41 bits per heavy atom. The highest BCUT2D eigenvalue weighted by Crippen LogP contribution is 2.36. The Bertz CT molecular complexity index is 1320. The van der Waals surface area contributed by atoms with Gasteiger partial charge in [-0.25, -0.2) is 0 Å². The van der Waals surface area contributed by atoms with Gasteiger partial charge < -0.3 is 4.90 Å². The maximum atomic E-state index is 13.3. The zero-order chi connectivity index (χ0) is 26.7. The van der Waals surface area contributed by atoms with E-state index < -0.39 is 0 Å². The second-order valence-corrected chi connectivity index (χ2v) is 11.5. The van der Waals surface area contributed by atoms with Crippen molar-refractivity contribution in [1.29, 1.82) is 5.26 Å². The van der Waals surface area contributed by atoms with Crippen LogP contribution in [-0.4, -0.2) is 57.3 Å². The van der Waals surface area contributed by atoms with Crippen LogP contribution in [0.4, 0.5) is 5.82 Å². The van der Waals surface area contributed by atoms with Crippen molar-refractivity contribution in [3.8, 4) is 6.07 Å². The maximum Gasteiger partial charge on any atom is 0.270 e. The van der Waals surface area contributed by atoms with Crippen LogP contribution in [0.15, 0.2) is 40.0 Å². The molecule has 0 radical (unpaired) electrons. The number of rotatable bonds is 7. The van der Waals surface area contributed by atoms with Gasteiger partial charge in [-0.2, -0.15) is 5.26 Å². The average molecular weight is 536 g/mol. The van der Waals surface area contributed by atoms with Crippen LogP contribution >= 0.6 is 24.0 Å². The van der Waals surface area contributed by atoms with Crippen LogP contribution in [0.5, 0.6) is 0 Å². The van der Waals surface area contributed by atoms with Crippen LogP contribution in [0, 0.1) is 24.2 Å². The lowest BCUT2D eigenvalue weighted by atomic mass is 10.0. The number of carbonyl (C=O) groups is 1. The van der Waals surface area contributed by atoms with E-state index in [1.807, 2.05) is 19.1 Å². The third-order valence-electron chi connectivity index (χ3n) is 6.78. The molecule has 0 aliphatic carbocycles. The van der Waals surface area contributed by atoms with Crippen LogP contribution in [0.2, 0.25) is 0 Å². The minimum atomic E-state index is -0.284. The zero-order valence-corrected chi connectivity index (χ0v) is 23.5. The Balaban J connectivity index is 1.71. The van der Waals surface area contributed by atoms with E-state index in [9.17, 15) is 14.9 Å². The van der Waals surface area contributed by atoms with Gasteiger partial charge in [-0.1, -0.05) is 68.2 Å². The van der Waals surface area contributed by atoms with Crippen molar-refractivity contribution in [1.82, 2.24) is 14.4 Å². The molecule has 0 unspecified atom stereocenters. The quantitative estimate of drug-likeness (QED) is 0.388. The fourth-order valence-corrected chi connectivity index (χ4v) is 6.15. The summed E-state index contributed by atoms with van der Waals surface area (Å²) in [7, 11) is 0. The predicted octanol–water partition coefficient (Wildman–Crippen LogP) is 4.23. The molecule has 194 valence electrons. The van der Waals surface area contributed by atoms with E-state index in [2.05, 4.69) is 54.0 Å². The minimum absolute atomic E-state index is 0.116. The van der Waals surface area contributed by atoms with Crippen LogP contribution in [0.1, 0.15) is 43.0 Å². The molecule has 2 aliphatic heterocycles. The van der Waals surface area contributed by atoms with Gasteiger partial charge in [0.2, 0.25) is 0 Å². The highest BCUT2D eigenvalue weighted by molar-refractivity contribution is 8.26. The molecule has 2 aliphatic rings. The fourth-order valence-electron chi connectivity index (χ4n) is 4.89. The number of nitrogens with zero attached hydrogens (tertiary/aromatic N) is 5. The molecule has 0 saturated carbocycles. The Labute approximate surface area is 228 Å². The lowest BCUT2D eigenvalue weighted by molar-refractivity contribution is -0.122. The lowest BCUT2D eigenvalue weighted by Crippen LogP contribution is -2.48. The number of anilines is 1. The molecule has 4 rings (SSSR count). The summed E-state index contributed by atoms with van der Waals surface area (Å²) in [5.74, 6) is 0.950. The summed E-state index contributed by atoms with van der Waals surface area (Å²) < 4.78 is 2.22. The Morgan fingerprint density at radius 1 is 1.14 bits per heavy atom. The SMILES string of the molecule is CCn1c(N2CCN(Cc3ccccc3)CC2)c(/C=C2\SC(=S)N(CC(C)C)C2=O)c(C)c(C#N)c1=O. The van der Waals surface area contributed by atoms with E-state index in [0.717, 1.165) is 44.1 Å². The number of hydrogen-bond donors (Lipinski definition) is 0. The molecule has 1 aromatic heterocycles. The minimum Gasteiger partial charge on any atom is -0.355 e. The molecule has 0 spiro atoms. The smallest absolute Gasteiger partial charge is 0.270 e. The van der Waals surface area contributed by atoms with E-state index in [1.165, 1.54) is 17.3 Å². The van der Waals surface area contributed by atoms with E-state index in [-0.39, 0.29) is 17.0 Å². The first-order valence-corrected chi connectivity index (χ1v) is 13.9. The van der Waals surface area contributed by atoms with Crippen LogP contribution < -0.4 is 10.5 Å². The van der Waals surface area contributed by atoms with Crippen molar-refractivity contribution in [2.75, 3.05) is 37.6 Å². The fraction of sp³-hybridized carbons (Fsp3) is 0.429. The van der Waals surface area contributed by atoms with Gasteiger partial charge in [0, 0.05) is 51.4 Å². The molecule has 7 nitrogen and oxygen atoms in total. The highest BCUT2D eigenvalue weighted by Gasteiger charge is 2.34.